The van der Waals surface area contributed by atoms with Gasteiger partial charge in [0.2, 0.25) is 0 Å². The molecule has 0 aliphatic rings. The van der Waals surface area contributed by atoms with Gasteiger partial charge in [-0.1, -0.05) is 54.1 Å². The van der Waals surface area contributed by atoms with Gasteiger partial charge < -0.3 is 5.73 Å². The molecule has 7 heteroatoms. The molecule has 0 spiro atoms. The van der Waals surface area contributed by atoms with E-state index < -0.39 is 5.91 Å². The molecule has 2 aromatic heterocycles. The number of nitrogens with zero attached hydrogens (tertiary/aromatic N) is 2. The fraction of sp³-hybridized carbons (Fsp3) is 0.0455. The highest BCUT2D eigenvalue weighted by molar-refractivity contribution is 7.13. The van der Waals surface area contributed by atoms with Crippen LogP contribution in [-0.2, 0) is 6.42 Å². The minimum atomic E-state index is -0.575. The molecule has 2 aromatic carbocycles. The van der Waals surface area contributed by atoms with Gasteiger partial charge in [-0.3, -0.25) is 9.89 Å². The third-order valence-corrected chi connectivity index (χ3v) is 5.55. The molecule has 0 radical (unpaired) electrons. The molecule has 0 atom stereocenters. The lowest BCUT2D eigenvalue weighted by molar-refractivity contribution is 0.100. The molecule has 0 aliphatic heterocycles. The summed E-state index contributed by atoms with van der Waals surface area (Å²) in [6, 6.07) is 19.4. The summed E-state index contributed by atoms with van der Waals surface area (Å²) in [4.78, 5) is 17.7. The van der Waals surface area contributed by atoms with E-state index in [9.17, 15) is 4.79 Å². The van der Waals surface area contributed by atoms with Crippen LogP contribution in [0.3, 0.4) is 0 Å². The molecule has 4 aromatic rings. The first kappa shape index (κ1) is 19.1. The van der Waals surface area contributed by atoms with Gasteiger partial charge >= 0.3 is 0 Å². The second kappa shape index (κ2) is 8.43. The van der Waals surface area contributed by atoms with Crippen molar-refractivity contribution < 1.29 is 4.79 Å². The summed E-state index contributed by atoms with van der Waals surface area (Å²) in [6.45, 7) is 0. The van der Waals surface area contributed by atoms with Crippen molar-refractivity contribution in [2.45, 2.75) is 6.42 Å². The molecule has 0 fully saturated rings. The summed E-state index contributed by atoms with van der Waals surface area (Å²) in [5.74, 6) is -0.301. The molecule has 0 unspecified atom stereocenters. The Kier molecular flexibility index (Phi) is 5.55. The Bertz CT molecular complexity index is 1180. The molecule has 0 saturated carbocycles. The van der Waals surface area contributed by atoms with E-state index in [0.29, 0.717) is 17.1 Å². The lowest BCUT2D eigenvalue weighted by Crippen LogP contribution is -2.13. The van der Waals surface area contributed by atoms with Crippen LogP contribution in [0.1, 0.15) is 27.2 Å². The van der Waals surface area contributed by atoms with Crippen molar-refractivity contribution in [1.82, 2.24) is 10.2 Å². The average Bonchev–Trinajstić information content (AvgIpc) is 3.37. The Labute approximate surface area is 176 Å². The molecular formula is C22H17ClN4OS. The third kappa shape index (κ3) is 4.29. The molecular weight excluding hydrogens is 404 g/mol. The van der Waals surface area contributed by atoms with Gasteiger partial charge in [0.05, 0.1) is 5.69 Å². The van der Waals surface area contributed by atoms with E-state index in [1.807, 2.05) is 53.9 Å². The van der Waals surface area contributed by atoms with Crippen LogP contribution in [0.4, 0.5) is 5.82 Å². The number of halogens is 1. The summed E-state index contributed by atoms with van der Waals surface area (Å²) < 4.78 is 0. The number of aromatic nitrogens is 2. The Morgan fingerprint density at radius 3 is 2.79 bits per heavy atom. The standard InChI is InChI=1S/C22H17ClN4OS/c23-16-7-3-5-14(11-16)12-18-20(21(24)28)22(27-26-18)25-13-15-6-1-2-8-17(15)19-9-4-10-29-19/h1-11,13H,12H2,(H2,24,28)(H,26,27). The molecule has 4 rings (SSSR count). The van der Waals surface area contributed by atoms with Crippen LogP contribution >= 0.6 is 22.9 Å². The maximum absolute atomic E-state index is 12.1. The average molecular weight is 421 g/mol. The topological polar surface area (TPSA) is 84.1 Å². The number of carbonyl (C=O) groups excluding carboxylic acids is 1. The van der Waals surface area contributed by atoms with Crippen molar-refractivity contribution in [3.63, 3.8) is 0 Å². The molecule has 0 bridgehead atoms. The number of nitrogens with one attached hydrogen (secondary N) is 1. The minimum absolute atomic E-state index is 0.274. The molecule has 3 N–H and O–H groups in total. The largest absolute Gasteiger partial charge is 0.365 e. The molecule has 0 saturated heterocycles. The summed E-state index contributed by atoms with van der Waals surface area (Å²) in [6.07, 6.45) is 2.16. The number of aromatic amines is 1. The van der Waals surface area contributed by atoms with Crippen LogP contribution in [0, 0.1) is 0 Å². The van der Waals surface area contributed by atoms with Gasteiger partial charge in [-0.2, -0.15) is 5.10 Å². The van der Waals surface area contributed by atoms with E-state index in [-0.39, 0.29) is 11.4 Å². The highest BCUT2D eigenvalue weighted by Crippen LogP contribution is 2.28. The van der Waals surface area contributed by atoms with Crippen molar-refractivity contribution >= 4 is 40.9 Å². The van der Waals surface area contributed by atoms with Crippen molar-refractivity contribution in [2.75, 3.05) is 0 Å². The molecule has 144 valence electrons. The van der Waals surface area contributed by atoms with Crippen LogP contribution in [0.15, 0.2) is 71.0 Å². The number of hydrogen-bond acceptors (Lipinski definition) is 4. The Morgan fingerprint density at radius 2 is 2.03 bits per heavy atom. The molecule has 5 nitrogen and oxygen atoms in total. The van der Waals surface area contributed by atoms with Crippen LogP contribution < -0.4 is 5.73 Å². The number of thiophene rings is 1. The number of benzene rings is 2. The zero-order valence-corrected chi connectivity index (χ0v) is 16.9. The van der Waals surface area contributed by atoms with E-state index in [0.717, 1.165) is 21.6 Å². The van der Waals surface area contributed by atoms with Gasteiger partial charge in [0.1, 0.15) is 5.56 Å². The fourth-order valence-electron chi connectivity index (χ4n) is 3.09. The van der Waals surface area contributed by atoms with Gasteiger partial charge in [-0.15, -0.1) is 11.3 Å². The summed E-state index contributed by atoms with van der Waals surface area (Å²) >= 11 is 7.71. The second-order valence-corrected chi connectivity index (χ2v) is 7.78. The number of amides is 1. The van der Waals surface area contributed by atoms with E-state index in [1.165, 1.54) is 0 Å². The van der Waals surface area contributed by atoms with Crippen LogP contribution in [0.25, 0.3) is 10.4 Å². The third-order valence-electron chi connectivity index (χ3n) is 4.41. The number of carbonyl (C=O) groups is 1. The van der Waals surface area contributed by atoms with Gasteiger partial charge in [0, 0.05) is 33.7 Å². The monoisotopic (exact) mass is 420 g/mol. The number of nitrogens with two attached hydrogens (primary N) is 1. The van der Waals surface area contributed by atoms with Gasteiger partial charge in [-0.05, 0) is 29.1 Å². The minimum Gasteiger partial charge on any atom is -0.365 e. The molecule has 29 heavy (non-hydrogen) atoms. The number of hydrogen-bond donors (Lipinski definition) is 2. The highest BCUT2D eigenvalue weighted by Gasteiger charge is 2.18. The quantitative estimate of drug-likeness (QED) is 0.418. The highest BCUT2D eigenvalue weighted by atomic mass is 35.5. The van der Waals surface area contributed by atoms with Crippen LogP contribution in [0.2, 0.25) is 5.02 Å². The van der Waals surface area contributed by atoms with Crippen molar-refractivity contribution in [2.24, 2.45) is 10.7 Å². The van der Waals surface area contributed by atoms with E-state index in [1.54, 1.807) is 23.6 Å². The molecule has 1 amide bonds. The Morgan fingerprint density at radius 1 is 1.17 bits per heavy atom. The van der Waals surface area contributed by atoms with Crippen molar-refractivity contribution in [1.29, 1.82) is 0 Å². The van der Waals surface area contributed by atoms with Crippen molar-refractivity contribution in [3.05, 3.63) is 93.5 Å². The summed E-state index contributed by atoms with van der Waals surface area (Å²) in [7, 11) is 0. The summed E-state index contributed by atoms with van der Waals surface area (Å²) in [5, 5.41) is 9.77. The van der Waals surface area contributed by atoms with Gasteiger partial charge in [-0.25, -0.2) is 4.99 Å². The van der Waals surface area contributed by atoms with E-state index in [4.69, 9.17) is 17.3 Å². The number of primary amides is 1. The second-order valence-electron chi connectivity index (χ2n) is 6.39. The van der Waals surface area contributed by atoms with Gasteiger partial charge in [0.25, 0.3) is 5.91 Å². The smallest absolute Gasteiger partial charge is 0.254 e. The zero-order valence-electron chi connectivity index (χ0n) is 15.3. The number of H-pyrrole nitrogens is 1. The lowest BCUT2D eigenvalue weighted by atomic mass is 10.1. The first-order valence-corrected chi connectivity index (χ1v) is 10.2. The van der Waals surface area contributed by atoms with E-state index >= 15 is 0 Å². The maximum atomic E-state index is 12.1. The van der Waals surface area contributed by atoms with E-state index in [2.05, 4.69) is 21.3 Å². The van der Waals surface area contributed by atoms with Crippen molar-refractivity contribution in [3.8, 4) is 10.4 Å². The predicted octanol–water partition coefficient (Wildman–Crippen LogP) is 5.23. The predicted molar refractivity (Wildman–Crippen MR) is 118 cm³/mol. The maximum Gasteiger partial charge on any atom is 0.254 e. The normalized spacial score (nSPS) is 11.2. The SMILES string of the molecule is NC(=O)c1c(N=Cc2ccccc2-c2cccs2)n[nH]c1Cc1cccc(Cl)c1. The van der Waals surface area contributed by atoms with Gasteiger partial charge in [0.15, 0.2) is 5.82 Å². The summed E-state index contributed by atoms with van der Waals surface area (Å²) in [5.41, 5.74) is 9.47. The number of aliphatic imine (C=N–C) groups is 1. The first-order valence-electron chi connectivity index (χ1n) is 8.90. The number of rotatable bonds is 6. The molecule has 2 heterocycles. The zero-order chi connectivity index (χ0) is 20.2. The fourth-order valence-corrected chi connectivity index (χ4v) is 4.08. The first-order chi connectivity index (χ1) is 14.1. The lowest BCUT2D eigenvalue weighted by Gasteiger charge is -2.03. The Hall–Kier alpha value is -3.22. The molecule has 0 aliphatic carbocycles. The van der Waals surface area contributed by atoms with Crippen LogP contribution in [0.5, 0.6) is 0 Å². The Balaban J connectivity index is 1.67. The van der Waals surface area contributed by atoms with Crippen LogP contribution in [-0.4, -0.2) is 22.3 Å².